The van der Waals surface area contributed by atoms with Gasteiger partial charge in [0.25, 0.3) is 0 Å². The van der Waals surface area contributed by atoms with Crippen LogP contribution in [0.3, 0.4) is 0 Å². The first-order chi connectivity index (χ1) is 10.3. The molecule has 6 heteroatoms. The summed E-state index contributed by atoms with van der Waals surface area (Å²) in [5.74, 6) is -1.78. The molecule has 1 atom stereocenters. The second-order valence-electron chi connectivity index (χ2n) is 5.16. The van der Waals surface area contributed by atoms with Gasteiger partial charge in [-0.15, -0.1) is 0 Å². The number of carboxylic acid groups (broad SMARTS) is 1. The Morgan fingerprint density at radius 1 is 1.23 bits per heavy atom. The Morgan fingerprint density at radius 2 is 1.91 bits per heavy atom. The van der Waals surface area contributed by atoms with Gasteiger partial charge in [0.2, 0.25) is 5.91 Å². The van der Waals surface area contributed by atoms with Crippen molar-refractivity contribution in [2.45, 2.75) is 32.7 Å². The van der Waals surface area contributed by atoms with Gasteiger partial charge < -0.3 is 15.2 Å². The summed E-state index contributed by atoms with van der Waals surface area (Å²) < 4.78 is 4.73. The zero-order valence-electron chi connectivity index (χ0n) is 13.0. The molecule has 0 heterocycles. The first-order valence-electron chi connectivity index (χ1n) is 6.96. The molecule has 0 bridgehead atoms. The van der Waals surface area contributed by atoms with Crippen LogP contribution < -0.4 is 5.32 Å². The van der Waals surface area contributed by atoms with E-state index in [0.717, 1.165) is 11.1 Å². The summed E-state index contributed by atoms with van der Waals surface area (Å²) in [4.78, 5) is 34.8. The normalized spacial score (nSPS) is 11.8. The molecule has 1 unspecified atom stereocenters. The highest BCUT2D eigenvalue weighted by Gasteiger charge is 2.20. The first-order valence-corrected chi connectivity index (χ1v) is 6.96. The van der Waals surface area contributed by atoms with E-state index in [9.17, 15) is 14.4 Å². The zero-order chi connectivity index (χ0) is 16.7. The molecule has 22 heavy (non-hydrogen) atoms. The molecule has 120 valence electrons. The van der Waals surface area contributed by atoms with Crippen molar-refractivity contribution in [3.63, 3.8) is 0 Å². The molecule has 2 N–H and O–H groups in total. The lowest BCUT2D eigenvalue weighted by molar-refractivity contribution is -0.143. The van der Waals surface area contributed by atoms with Crippen molar-refractivity contribution in [3.05, 3.63) is 34.9 Å². The summed E-state index contributed by atoms with van der Waals surface area (Å²) in [6, 6.07) is 4.47. The summed E-state index contributed by atoms with van der Waals surface area (Å²) in [7, 11) is 1.35. The fourth-order valence-corrected chi connectivity index (χ4v) is 2.01. The van der Waals surface area contributed by atoms with Crippen LogP contribution in [0.2, 0.25) is 0 Å². The number of hydrogen-bond donors (Lipinski definition) is 2. The van der Waals surface area contributed by atoms with Crippen LogP contribution in [0.1, 0.15) is 34.3 Å². The number of aryl methyl sites for hydroxylation is 2. The standard InChI is InChI=1S/C16H21NO5/c1-10-4-5-11(2)12(8-10)14(18)6-7-15(19)17-13(9-22-3)16(20)21/h4-5,8,13H,6-7,9H2,1-3H3,(H,17,19)(H,20,21). The molecule has 0 saturated heterocycles. The Bertz CT molecular complexity index is 568. The second-order valence-corrected chi connectivity index (χ2v) is 5.16. The topological polar surface area (TPSA) is 92.7 Å². The van der Waals surface area contributed by atoms with Gasteiger partial charge in [-0.05, 0) is 25.5 Å². The fraction of sp³-hybridized carbons (Fsp3) is 0.438. The molecule has 1 aromatic rings. The zero-order valence-corrected chi connectivity index (χ0v) is 13.0. The molecule has 0 aliphatic rings. The Kier molecular flexibility index (Phi) is 6.72. The van der Waals surface area contributed by atoms with E-state index in [2.05, 4.69) is 5.32 Å². The molecule has 0 fully saturated rings. The lowest BCUT2D eigenvalue weighted by Crippen LogP contribution is -2.43. The Balaban J connectivity index is 2.58. The number of aliphatic carboxylic acids is 1. The lowest BCUT2D eigenvalue weighted by Gasteiger charge is -2.13. The summed E-state index contributed by atoms with van der Waals surface area (Å²) in [5.41, 5.74) is 2.43. The number of ketones is 1. The SMILES string of the molecule is COCC(NC(=O)CCC(=O)c1cc(C)ccc1C)C(=O)O. The van der Waals surface area contributed by atoms with Crippen molar-refractivity contribution < 1.29 is 24.2 Å². The minimum atomic E-state index is -1.17. The first kappa shape index (κ1) is 17.8. The molecule has 0 saturated carbocycles. The quantitative estimate of drug-likeness (QED) is 0.710. The maximum Gasteiger partial charge on any atom is 0.328 e. The molecule has 0 aromatic heterocycles. The number of carboxylic acids is 1. The monoisotopic (exact) mass is 307 g/mol. The van der Waals surface area contributed by atoms with Crippen LogP contribution in [-0.2, 0) is 14.3 Å². The van der Waals surface area contributed by atoms with Gasteiger partial charge in [0.05, 0.1) is 6.61 Å². The summed E-state index contributed by atoms with van der Waals surface area (Å²) >= 11 is 0. The van der Waals surface area contributed by atoms with Crippen LogP contribution in [0.25, 0.3) is 0 Å². The Labute approximate surface area is 129 Å². The third-order valence-corrected chi connectivity index (χ3v) is 3.24. The van der Waals surface area contributed by atoms with Gasteiger partial charge in [-0.2, -0.15) is 0 Å². The molecule has 0 spiro atoms. The van der Waals surface area contributed by atoms with Gasteiger partial charge >= 0.3 is 5.97 Å². The summed E-state index contributed by atoms with van der Waals surface area (Å²) in [6.07, 6.45) is -0.0187. The lowest BCUT2D eigenvalue weighted by atomic mass is 9.99. The highest BCUT2D eigenvalue weighted by molar-refractivity contribution is 5.99. The number of carbonyl (C=O) groups is 3. The van der Waals surface area contributed by atoms with Gasteiger partial charge in [-0.25, -0.2) is 4.79 Å². The minimum absolute atomic E-state index is 0.0372. The molecule has 6 nitrogen and oxygen atoms in total. The third-order valence-electron chi connectivity index (χ3n) is 3.24. The fourth-order valence-electron chi connectivity index (χ4n) is 2.01. The highest BCUT2D eigenvalue weighted by Crippen LogP contribution is 2.13. The number of amides is 1. The van der Waals surface area contributed by atoms with E-state index in [1.807, 2.05) is 26.0 Å². The Hall–Kier alpha value is -2.21. The molecule has 0 aliphatic carbocycles. The van der Waals surface area contributed by atoms with Crippen molar-refractivity contribution in [1.29, 1.82) is 0 Å². The van der Waals surface area contributed by atoms with E-state index in [-0.39, 0.29) is 25.2 Å². The number of benzene rings is 1. The van der Waals surface area contributed by atoms with Crippen LogP contribution in [0, 0.1) is 13.8 Å². The number of nitrogens with one attached hydrogen (secondary N) is 1. The van der Waals surface area contributed by atoms with Crippen molar-refractivity contribution in [2.75, 3.05) is 13.7 Å². The van der Waals surface area contributed by atoms with Crippen LogP contribution in [0.15, 0.2) is 18.2 Å². The van der Waals surface area contributed by atoms with Crippen molar-refractivity contribution in [1.82, 2.24) is 5.32 Å². The average Bonchev–Trinajstić information content (AvgIpc) is 2.46. The van der Waals surface area contributed by atoms with Crippen LogP contribution in [-0.4, -0.2) is 42.5 Å². The van der Waals surface area contributed by atoms with Gasteiger partial charge in [-0.3, -0.25) is 9.59 Å². The number of Topliss-reactive ketones (excluding diaryl/α,β-unsaturated/α-hetero) is 1. The molecular weight excluding hydrogens is 286 g/mol. The van der Waals surface area contributed by atoms with E-state index in [0.29, 0.717) is 5.56 Å². The van der Waals surface area contributed by atoms with E-state index in [1.54, 1.807) is 6.07 Å². The number of rotatable bonds is 8. The molecule has 1 aromatic carbocycles. The molecule has 0 aliphatic heterocycles. The van der Waals surface area contributed by atoms with Crippen LogP contribution in [0.4, 0.5) is 0 Å². The van der Waals surface area contributed by atoms with E-state index in [4.69, 9.17) is 9.84 Å². The molecule has 0 radical (unpaired) electrons. The molecular formula is C16H21NO5. The number of methoxy groups -OCH3 is 1. The van der Waals surface area contributed by atoms with Crippen LogP contribution in [0.5, 0.6) is 0 Å². The van der Waals surface area contributed by atoms with Crippen molar-refractivity contribution in [3.8, 4) is 0 Å². The maximum atomic E-state index is 12.1. The van der Waals surface area contributed by atoms with Crippen molar-refractivity contribution >= 4 is 17.7 Å². The molecule has 1 amide bonds. The predicted octanol–water partition coefficient (Wildman–Crippen LogP) is 1.48. The van der Waals surface area contributed by atoms with E-state index in [1.165, 1.54) is 7.11 Å². The predicted molar refractivity (Wildman–Crippen MR) is 80.9 cm³/mol. The molecule has 1 rings (SSSR count). The highest BCUT2D eigenvalue weighted by atomic mass is 16.5. The summed E-state index contributed by atoms with van der Waals surface area (Å²) in [5, 5.41) is 11.2. The number of ether oxygens (including phenoxy) is 1. The van der Waals surface area contributed by atoms with Gasteiger partial charge in [0, 0.05) is 25.5 Å². The number of hydrogen-bond acceptors (Lipinski definition) is 4. The largest absolute Gasteiger partial charge is 0.480 e. The van der Waals surface area contributed by atoms with Gasteiger partial charge in [0.15, 0.2) is 11.8 Å². The van der Waals surface area contributed by atoms with Crippen molar-refractivity contribution in [2.24, 2.45) is 0 Å². The van der Waals surface area contributed by atoms with E-state index < -0.39 is 17.9 Å². The Morgan fingerprint density at radius 3 is 2.50 bits per heavy atom. The average molecular weight is 307 g/mol. The van der Waals surface area contributed by atoms with Gasteiger partial charge in [0.1, 0.15) is 0 Å². The third kappa shape index (κ3) is 5.29. The summed E-state index contributed by atoms with van der Waals surface area (Å²) in [6.45, 7) is 3.61. The minimum Gasteiger partial charge on any atom is -0.480 e. The van der Waals surface area contributed by atoms with E-state index >= 15 is 0 Å². The van der Waals surface area contributed by atoms with Gasteiger partial charge in [-0.1, -0.05) is 17.7 Å². The second kappa shape index (κ2) is 8.29. The maximum absolute atomic E-state index is 12.1. The number of carbonyl (C=O) groups excluding carboxylic acids is 2. The smallest absolute Gasteiger partial charge is 0.328 e. The van der Waals surface area contributed by atoms with Crippen LogP contribution >= 0.6 is 0 Å².